The summed E-state index contributed by atoms with van der Waals surface area (Å²) in [4.78, 5) is 0. The predicted molar refractivity (Wildman–Crippen MR) is 112 cm³/mol. The minimum atomic E-state index is 0. The van der Waals surface area contributed by atoms with E-state index in [4.69, 9.17) is 0 Å². The molecule has 0 amide bonds. The third-order valence-electron chi connectivity index (χ3n) is 3.20. The Kier molecular flexibility index (Phi) is 22.8. The number of hydrogen-bond acceptors (Lipinski definition) is 0. The molecule has 136 valence electrons. The van der Waals surface area contributed by atoms with E-state index in [0.29, 0.717) is 0 Å². The Morgan fingerprint density at radius 3 is 2.12 bits per heavy atom. The second kappa shape index (κ2) is 17.9. The fraction of sp³-hybridized carbons (Fsp3) is 0.0909. The van der Waals surface area contributed by atoms with Crippen LogP contribution in [0.4, 0.5) is 0 Å². The fourth-order valence-electron chi connectivity index (χ4n) is 2.34. The van der Waals surface area contributed by atoms with Crippen molar-refractivity contribution in [3.63, 3.8) is 0 Å². The first-order valence-electron chi connectivity index (χ1n) is 6.65. The molecule has 0 radical (unpaired) electrons. The summed E-state index contributed by atoms with van der Waals surface area (Å²) >= 11 is 0. The van der Waals surface area contributed by atoms with Crippen molar-refractivity contribution < 1.29 is 26.2 Å². The quantitative estimate of drug-likeness (QED) is 0.333. The first kappa shape index (κ1) is 31.9. The van der Waals surface area contributed by atoms with Crippen molar-refractivity contribution in [2.45, 2.75) is 12.8 Å². The maximum Gasteiger partial charge on any atom is 0 e. The Balaban J connectivity index is -0.000000162. The molecule has 0 saturated heterocycles. The van der Waals surface area contributed by atoms with Crippen LogP contribution in [-0.2, 0) is 32.6 Å². The monoisotopic (exact) mass is 449 g/mol. The minimum Gasteiger partial charge on any atom is -0.521 e. The summed E-state index contributed by atoms with van der Waals surface area (Å²) in [6.07, 6.45) is 11.0. The molecule has 0 nitrogen and oxygen atoms in total. The number of allylic oxidation sites excluding steroid dienone is 4. The van der Waals surface area contributed by atoms with E-state index in [1.165, 1.54) is 22.3 Å². The third-order valence-corrected chi connectivity index (χ3v) is 3.20. The fourth-order valence-corrected chi connectivity index (χ4v) is 2.34. The Bertz CT molecular complexity index is 580. The molecule has 0 bridgehead atoms. The third kappa shape index (κ3) is 8.86. The molecular weight excluding hydrogens is 426 g/mol. The van der Waals surface area contributed by atoms with Crippen LogP contribution in [0.15, 0.2) is 67.3 Å². The maximum absolute atomic E-state index is 4.25. The second-order valence-corrected chi connectivity index (χ2v) is 4.40. The second-order valence-electron chi connectivity index (χ2n) is 4.40. The molecule has 0 N–H and O–H groups in total. The van der Waals surface area contributed by atoms with Gasteiger partial charge in [-0.1, -0.05) is 35.4 Å². The van der Waals surface area contributed by atoms with Crippen LogP contribution in [-0.4, -0.2) is 0 Å². The van der Waals surface area contributed by atoms with Crippen molar-refractivity contribution in [1.82, 2.24) is 0 Å². The standard InChI is InChI=1S/C13H9.C5H5.C2H3.2CH3.2ClH.Zr/c1-3-7-12-10(5-1)9-11-6-2-4-8-13(11)12;1-2-4-5-3-1;1-2;;;;;/h1-5,7-8H,9H2;1-3H,4H2;1H,2H2;2*1H3;2*1H;/q5*-1;;;. The van der Waals surface area contributed by atoms with Gasteiger partial charge in [0.25, 0.3) is 0 Å². The van der Waals surface area contributed by atoms with Crippen molar-refractivity contribution in [1.29, 1.82) is 0 Å². The first-order chi connectivity index (χ1) is 9.95. The van der Waals surface area contributed by atoms with E-state index in [1.54, 1.807) is 0 Å². The summed E-state index contributed by atoms with van der Waals surface area (Å²) in [5, 5.41) is 0. The predicted octanol–water partition coefficient (Wildman–Crippen LogP) is 6.71. The van der Waals surface area contributed by atoms with E-state index in [-0.39, 0.29) is 65.9 Å². The summed E-state index contributed by atoms with van der Waals surface area (Å²) in [6, 6.07) is 18.1. The van der Waals surface area contributed by atoms with Gasteiger partial charge in [0, 0.05) is 26.2 Å². The number of benzene rings is 2. The molecular formula is C22H25Cl2Zr-5. The van der Waals surface area contributed by atoms with Crippen LogP contribution in [0, 0.1) is 33.6 Å². The SMILES string of the molecule is Cl.Cl.[C-]1=CC=CC1.[CH-]=C.[CH3-].[CH3-].[Zr].[c-]1cccc2c1Cc1ccccc1-2. The van der Waals surface area contributed by atoms with Gasteiger partial charge >= 0.3 is 0 Å². The molecule has 0 aromatic heterocycles. The van der Waals surface area contributed by atoms with Crippen LogP contribution in [0.5, 0.6) is 0 Å². The molecule has 0 saturated carbocycles. The van der Waals surface area contributed by atoms with Gasteiger partial charge in [0.05, 0.1) is 0 Å². The zero-order valence-corrected chi connectivity index (χ0v) is 18.9. The molecule has 0 spiro atoms. The van der Waals surface area contributed by atoms with Gasteiger partial charge in [0.15, 0.2) is 0 Å². The van der Waals surface area contributed by atoms with Crippen LogP contribution in [0.25, 0.3) is 11.1 Å². The number of halogens is 2. The average molecular weight is 452 g/mol. The average Bonchev–Trinajstić information content (AvgIpc) is 3.20. The van der Waals surface area contributed by atoms with Gasteiger partial charge in [0.2, 0.25) is 0 Å². The number of rotatable bonds is 0. The summed E-state index contributed by atoms with van der Waals surface area (Å²) in [6.45, 7) is 7.00. The minimum absolute atomic E-state index is 0. The van der Waals surface area contributed by atoms with Gasteiger partial charge in [-0.05, 0) is 6.42 Å². The summed E-state index contributed by atoms with van der Waals surface area (Å²) in [7, 11) is 0. The molecule has 2 aliphatic rings. The van der Waals surface area contributed by atoms with E-state index in [9.17, 15) is 0 Å². The molecule has 0 unspecified atom stereocenters. The molecule has 0 aliphatic heterocycles. The number of fused-ring (bicyclic) bond motifs is 3. The Labute approximate surface area is 186 Å². The van der Waals surface area contributed by atoms with Gasteiger partial charge < -0.3 is 21.4 Å². The maximum atomic E-state index is 4.25. The molecule has 0 fully saturated rings. The van der Waals surface area contributed by atoms with Crippen LogP contribution >= 0.6 is 24.8 Å². The molecule has 3 heteroatoms. The van der Waals surface area contributed by atoms with Gasteiger partial charge in [-0.3, -0.25) is 12.7 Å². The topological polar surface area (TPSA) is 0 Å². The van der Waals surface area contributed by atoms with Crippen molar-refractivity contribution in [3.8, 4) is 11.1 Å². The Hall–Kier alpha value is -0.877. The van der Waals surface area contributed by atoms with Crippen molar-refractivity contribution in [3.05, 3.63) is 112 Å². The van der Waals surface area contributed by atoms with E-state index in [2.05, 4.69) is 67.8 Å². The van der Waals surface area contributed by atoms with Crippen LogP contribution in [0.3, 0.4) is 0 Å². The smallest absolute Gasteiger partial charge is 0 e. The van der Waals surface area contributed by atoms with Crippen LogP contribution in [0.1, 0.15) is 17.5 Å². The molecule has 4 rings (SSSR count). The van der Waals surface area contributed by atoms with E-state index >= 15 is 0 Å². The molecule has 2 aromatic carbocycles. The van der Waals surface area contributed by atoms with E-state index in [0.717, 1.165) is 12.8 Å². The normalized spacial score (nSPS) is 10.1. The first-order valence-corrected chi connectivity index (χ1v) is 6.65. The Morgan fingerprint density at radius 2 is 1.56 bits per heavy atom. The molecule has 2 aromatic rings. The van der Waals surface area contributed by atoms with Crippen molar-refractivity contribution in [2.24, 2.45) is 0 Å². The van der Waals surface area contributed by atoms with Gasteiger partial charge in [-0.2, -0.15) is 35.9 Å². The largest absolute Gasteiger partial charge is 0.521 e. The summed E-state index contributed by atoms with van der Waals surface area (Å²) in [5.74, 6) is 0. The van der Waals surface area contributed by atoms with Gasteiger partial charge in [0.1, 0.15) is 0 Å². The van der Waals surface area contributed by atoms with Gasteiger partial charge in [-0.25, -0.2) is 12.2 Å². The van der Waals surface area contributed by atoms with Crippen LogP contribution in [0.2, 0.25) is 0 Å². The van der Waals surface area contributed by atoms with Crippen LogP contribution < -0.4 is 0 Å². The molecule has 0 atom stereocenters. The zero-order valence-electron chi connectivity index (χ0n) is 14.8. The summed E-state index contributed by atoms with van der Waals surface area (Å²) < 4.78 is 0. The molecule has 0 heterocycles. The van der Waals surface area contributed by atoms with Crippen molar-refractivity contribution in [2.75, 3.05) is 0 Å². The number of hydrogen-bond donors (Lipinski definition) is 0. The van der Waals surface area contributed by atoms with E-state index in [1.807, 2.05) is 18.2 Å². The molecule has 25 heavy (non-hydrogen) atoms. The van der Waals surface area contributed by atoms with E-state index < -0.39 is 0 Å². The molecule has 2 aliphatic carbocycles. The Morgan fingerprint density at radius 1 is 0.920 bits per heavy atom. The van der Waals surface area contributed by atoms with Gasteiger partial charge in [-0.15, -0.1) is 36.8 Å². The zero-order chi connectivity index (χ0) is 14.2. The van der Waals surface area contributed by atoms with Crippen molar-refractivity contribution >= 4 is 24.8 Å². The summed E-state index contributed by atoms with van der Waals surface area (Å²) in [5.41, 5.74) is 5.51.